The molecule has 3 aliphatic rings. The van der Waals surface area contributed by atoms with Gasteiger partial charge in [0.25, 0.3) is 0 Å². The van der Waals surface area contributed by atoms with Crippen LogP contribution < -0.4 is 5.73 Å². The number of fused-ring (bicyclic) bond motifs is 3. The van der Waals surface area contributed by atoms with E-state index in [4.69, 9.17) is 5.73 Å². The molecule has 5 atom stereocenters. The molecule has 90 valence electrons. The van der Waals surface area contributed by atoms with Gasteiger partial charge in [-0.3, -0.25) is 4.79 Å². The lowest BCUT2D eigenvalue weighted by Gasteiger charge is -2.47. The summed E-state index contributed by atoms with van der Waals surface area (Å²) in [6.07, 6.45) is 8.80. The Balaban J connectivity index is 1.85. The van der Waals surface area contributed by atoms with E-state index in [-0.39, 0.29) is 0 Å². The van der Waals surface area contributed by atoms with Gasteiger partial charge < -0.3 is 5.73 Å². The number of hydrogen-bond donors (Lipinski definition) is 1. The van der Waals surface area contributed by atoms with Crippen molar-refractivity contribution in [2.24, 2.45) is 28.9 Å². The maximum Gasteiger partial charge on any atom is 0.132 e. The van der Waals surface area contributed by atoms with E-state index in [9.17, 15) is 4.79 Å². The van der Waals surface area contributed by atoms with Crippen LogP contribution in [-0.2, 0) is 4.79 Å². The highest BCUT2D eigenvalue weighted by Crippen LogP contribution is 2.61. The fourth-order valence-corrected chi connectivity index (χ4v) is 4.97. The Morgan fingerprint density at radius 3 is 2.75 bits per heavy atom. The molecule has 0 aliphatic heterocycles. The molecular weight excluding hydrogens is 198 g/mol. The van der Waals surface area contributed by atoms with E-state index in [1.807, 2.05) is 0 Å². The minimum Gasteiger partial charge on any atom is -0.327 e. The molecule has 2 heteroatoms. The van der Waals surface area contributed by atoms with Gasteiger partial charge >= 0.3 is 0 Å². The first-order valence-corrected chi connectivity index (χ1v) is 6.89. The van der Waals surface area contributed by atoms with Crippen LogP contribution in [0.1, 0.15) is 51.9 Å². The van der Waals surface area contributed by atoms with E-state index >= 15 is 0 Å². The molecule has 16 heavy (non-hydrogen) atoms. The normalized spacial score (nSPS) is 51.1. The van der Waals surface area contributed by atoms with Gasteiger partial charge in [0.15, 0.2) is 0 Å². The van der Waals surface area contributed by atoms with Crippen LogP contribution in [0.4, 0.5) is 0 Å². The van der Waals surface area contributed by atoms with Crippen LogP contribution in [-0.4, -0.2) is 11.8 Å². The Morgan fingerprint density at radius 2 is 2.12 bits per heavy atom. The molecule has 1 spiro atoms. The Labute approximate surface area is 98.0 Å². The molecule has 2 nitrogen and oxygen atoms in total. The molecule has 3 aliphatic carbocycles. The molecule has 2 bridgehead atoms. The van der Waals surface area contributed by atoms with E-state index in [1.54, 1.807) is 6.92 Å². The van der Waals surface area contributed by atoms with Crippen LogP contribution in [0.5, 0.6) is 0 Å². The van der Waals surface area contributed by atoms with Crippen molar-refractivity contribution >= 4 is 5.78 Å². The summed E-state index contributed by atoms with van der Waals surface area (Å²) in [6, 6.07) is 0.397. The molecule has 0 amide bonds. The first-order valence-electron chi connectivity index (χ1n) is 6.89. The molecule has 0 radical (unpaired) electrons. The lowest BCUT2D eigenvalue weighted by atomic mass is 9.59. The number of Topliss-reactive ketones (excluding diaryl/α,β-unsaturated/α-hetero) is 1. The second-order valence-corrected chi connectivity index (χ2v) is 6.43. The van der Waals surface area contributed by atoms with Gasteiger partial charge in [0, 0.05) is 12.0 Å². The molecular formula is C14H23NO. The van der Waals surface area contributed by atoms with Gasteiger partial charge in [0.2, 0.25) is 0 Å². The minimum absolute atomic E-state index is 0.319. The van der Waals surface area contributed by atoms with Crippen LogP contribution in [0.25, 0.3) is 0 Å². The third-order valence-electron chi connectivity index (χ3n) is 5.85. The molecule has 0 aromatic carbocycles. The number of rotatable bonds is 1. The quantitative estimate of drug-likeness (QED) is 0.739. The zero-order chi connectivity index (χ0) is 11.3. The van der Waals surface area contributed by atoms with Gasteiger partial charge in [0.05, 0.1) is 0 Å². The van der Waals surface area contributed by atoms with E-state index in [0.717, 1.165) is 24.7 Å². The van der Waals surface area contributed by atoms with Crippen molar-refractivity contribution < 1.29 is 4.79 Å². The van der Waals surface area contributed by atoms with Crippen molar-refractivity contribution in [3.05, 3.63) is 0 Å². The van der Waals surface area contributed by atoms with Crippen molar-refractivity contribution in [1.29, 1.82) is 0 Å². The smallest absolute Gasteiger partial charge is 0.132 e. The lowest BCUT2D eigenvalue weighted by Crippen LogP contribution is -2.49. The molecule has 0 saturated heterocycles. The zero-order valence-corrected chi connectivity index (χ0v) is 10.2. The molecule has 0 aromatic rings. The van der Waals surface area contributed by atoms with Gasteiger partial charge in [-0.05, 0) is 62.7 Å². The summed E-state index contributed by atoms with van der Waals surface area (Å²) < 4.78 is 0. The standard InChI is InChI=1S/C14H23NO/c1-9(16)11-3-2-6-14(8-11)12-5-4-10(7-12)13(14)15/h10-13H,2-8,15H2,1H3/t10-,11?,12?,13-,14?/m1/s1. The van der Waals surface area contributed by atoms with Crippen LogP contribution in [0.15, 0.2) is 0 Å². The Morgan fingerprint density at radius 1 is 1.31 bits per heavy atom. The Hall–Kier alpha value is -0.370. The number of carbonyl (C=O) groups excluding carboxylic acids is 1. The first kappa shape index (κ1) is 10.8. The molecule has 0 heterocycles. The fourth-order valence-electron chi connectivity index (χ4n) is 4.97. The van der Waals surface area contributed by atoms with Crippen LogP contribution >= 0.6 is 0 Å². The summed E-state index contributed by atoms with van der Waals surface area (Å²) in [5.41, 5.74) is 6.84. The second kappa shape index (κ2) is 3.56. The number of nitrogens with two attached hydrogens (primary N) is 1. The topological polar surface area (TPSA) is 43.1 Å². The van der Waals surface area contributed by atoms with Crippen LogP contribution in [0.3, 0.4) is 0 Å². The maximum absolute atomic E-state index is 11.6. The summed E-state index contributed by atoms with van der Waals surface area (Å²) in [6.45, 7) is 1.77. The van der Waals surface area contributed by atoms with E-state index in [0.29, 0.717) is 23.2 Å². The average molecular weight is 221 g/mol. The van der Waals surface area contributed by atoms with Gasteiger partial charge in [-0.15, -0.1) is 0 Å². The molecule has 3 saturated carbocycles. The molecule has 3 rings (SSSR count). The minimum atomic E-state index is 0.319. The van der Waals surface area contributed by atoms with E-state index in [2.05, 4.69) is 0 Å². The largest absolute Gasteiger partial charge is 0.327 e. The average Bonchev–Trinajstić information content (AvgIpc) is 2.84. The van der Waals surface area contributed by atoms with Crippen molar-refractivity contribution in [1.82, 2.24) is 0 Å². The fraction of sp³-hybridized carbons (Fsp3) is 0.929. The Kier molecular flexibility index (Phi) is 2.39. The lowest BCUT2D eigenvalue weighted by molar-refractivity contribution is -0.124. The number of hydrogen-bond acceptors (Lipinski definition) is 2. The highest BCUT2D eigenvalue weighted by atomic mass is 16.1. The molecule has 3 unspecified atom stereocenters. The van der Waals surface area contributed by atoms with Gasteiger partial charge in [0.1, 0.15) is 5.78 Å². The van der Waals surface area contributed by atoms with Crippen molar-refractivity contribution in [3.63, 3.8) is 0 Å². The van der Waals surface area contributed by atoms with Crippen molar-refractivity contribution in [3.8, 4) is 0 Å². The molecule has 2 N–H and O–H groups in total. The van der Waals surface area contributed by atoms with Gasteiger partial charge in [-0.2, -0.15) is 0 Å². The van der Waals surface area contributed by atoms with Crippen molar-refractivity contribution in [2.45, 2.75) is 57.9 Å². The van der Waals surface area contributed by atoms with Gasteiger partial charge in [-0.25, -0.2) is 0 Å². The highest BCUT2D eigenvalue weighted by molar-refractivity contribution is 5.78. The van der Waals surface area contributed by atoms with Crippen LogP contribution in [0, 0.1) is 23.2 Å². The molecule has 0 aromatic heterocycles. The van der Waals surface area contributed by atoms with E-state index in [1.165, 1.54) is 32.1 Å². The summed E-state index contributed by atoms with van der Waals surface area (Å²) >= 11 is 0. The second-order valence-electron chi connectivity index (χ2n) is 6.43. The SMILES string of the molecule is CC(=O)C1CCCC2(C1)C1CC[C@H](C1)[C@H]2N. The third kappa shape index (κ3) is 1.32. The summed E-state index contributed by atoms with van der Waals surface area (Å²) in [7, 11) is 0. The number of carbonyl (C=O) groups is 1. The predicted octanol–water partition coefficient (Wildman–Crippen LogP) is 2.51. The zero-order valence-electron chi connectivity index (χ0n) is 10.2. The predicted molar refractivity (Wildman–Crippen MR) is 63.9 cm³/mol. The summed E-state index contributed by atoms with van der Waals surface area (Å²) in [4.78, 5) is 11.6. The van der Waals surface area contributed by atoms with Gasteiger partial charge in [-0.1, -0.05) is 6.42 Å². The summed E-state index contributed by atoms with van der Waals surface area (Å²) in [5, 5.41) is 0. The first-order chi connectivity index (χ1) is 7.63. The van der Waals surface area contributed by atoms with E-state index < -0.39 is 0 Å². The third-order valence-corrected chi connectivity index (χ3v) is 5.85. The summed E-state index contributed by atoms with van der Waals surface area (Å²) in [5.74, 6) is 2.33. The monoisotopic (exact) mass is 221 g/mol. The maximum atomic E-state index is 11.6. The number of ketones is 1. The Bertz CT molecular complexity index is 310. The van der Waals surface area contributed by atoms with Crippen LogP contribution in [0.2, 0.25) is 0 Å². The molecule has 3 fully saturated rings. The highest BCUT2D eigenvalue weighted by Gasteiger charge is 2.57. The van der Waals surface area contributed by atoms with Crippen molar-refractivity contribution in [2.75, 3.05) is 0 Å².